The lowest BCUT2D eigenvalue weighted by Crippen LogP contribution is -2.10. The Morgan fingerprint density at radius 2 is 2.33 bits per heavy atom. The molecule has 18 heavy (non-hydrogen) atoms. The number of fused-ring (bicyclic) bond motifs is 1. The summed E-state index contributed by atoms with van der Waals surface area (Å²) >= 11 is 1.84. The van der Waals surface area contributed by atoms with Gasteiger partial charge in [0.25, 0.3) is 0 Å². The Balaban J connectivity index is 1.91. The number of hydrogen-bond donors (Lipinski definition) is 1. The van der Waals surface area contributed by atoms with E-state index >= 15 is 0 Å². The monoisotopic (exact) mass is 261 g/mol. The molecule has 2 aromatic rings. The van der Waals surface area contributed by atoms with Crippen molar-refractivity contribution >= 4 is 11.8 Å². The maximum Gasteiger partial charge on any atom is 0.235 e. The van der Waals surface area contributed by atoms with Gasteiger partial charge in [0.15, 0.2) is 5.82 Å². The van der Waals surface area contributed by atoms with Crippen molar-refractivity contribution in [3.63, 3.8) is 0 Å². The molecule has 94 valence electrons. The van der Waals surface area contributed by atoms with E-state index < -0.39 is 0 Å². The van der Waals surface area contributed by atoms with Gasteiger partial charge in [-0.3, -0.25) is 0 Å². The first-order chi connectivity index (χ1) is 8.79. The van der Waals surface area contributed by atoms with Crippen LogP contribution in [0.1, 0.15) is 36.0 Å². The maximum absolute atomic E-state index is 5.62. The van der Waals surface area contributed by atoms with Crippen LogP contribution in [0.3, 0.4) is 0 Å². The molecule has 2 unspecified atom stereocenters. The Morgan fingerprint density at radius 3 is 3.17 bits per heavy atom. The van der Waals surface area contributed by atoms with E-state index in [9.17, 15) is 0 Å². The van der Waals surface area contributed by atoms with E-state index in [0.717, 1.165) is 5.75 Å². The molecule has 0 saturated carbocycles. The maximum atomic E-state index is 5.62. The van der Waals surface area contributed by atoms with E-state index in [1.807, 2.05) is 18.7 Å². The van der Waals surface area contributed by atoms with Gasteiger partial charge in [0.1, 0.15) is 0 Å². The molecule has 2 heterocycles. The van der Waals surface area contributed by atoms with Crippen LogP contribution in [0, 0.1) is 0 Å². The molecule has 3 rings (SSSR count). The highest BCUT2D eigenvalue weighted by Crippen LogP contribution is 2.42. The molecule has 0 amide bonds. The highest BCUT2D eigenvalue weighted by molar-refractivity contribution is 7.99. The Hall–Kier alpha value is -1.33. The fourth-order valence-corrected chi connectivity index (χ4v) is 3.28. The number of thioether (sulfide) groups is 1. The van der Waals surface area contributed by atoms with E-state index in [4.69, 9.17) is 10.3 Å². The van der Waals surface area contributed by atoms with Gasteiger partial charge in [-0.05, 0) is 11.6 Å². The Bertz CT molecular complexity index is 555. The molecule has 0 spiro atoms. The third-order valence-corrected chi connectivity index (χ3v) is 4.43. The first kappa shape index (κ1) is 11.7. The van der Waals surface area contributed by atoms with E-state index in [2.05, 4.69) is 34.4 Å². The lowest BCUT2D eigenvalue weighted by atomic mass is 10.0. The minimum absolute atomic E-state index is 0.145. The van der Waals surface area contributed by atoms with Gasteiger partial charge in [-0.25, -0.2) is 0 Å². The zero-order valence-corrected chi connectivity index (χ0v) is 11.0. The van der Waals surface area contributed by atoms with Gasteiger partial charge < -0.3 is 10.3 Å². The molecular weight excluding hydrogens is 246 g/mol. The van der Waals surface area contributed by atoms with Crippen molar-refractivity contribution < 1.29 is 4.52 Å². The molecule has 0 bridgehead atoms. The van der Waals surface area contributed by atoms with Gasteiger partial charge in [0, 0.05) is 23.1 Å². The highest BCUT2D eigenvalue weighted by atomic mass is 32.2. The fourth-order valence-electron chi connectivity index (χ4n) is 2.06. The summed E-state index contributed by atoms with van der Waals surface area (Å²) in [5.74, 6) is 2.76. The van der Waals surface area contributed by atoms with Gasteiger partial charge in [-0.1, -0.05) is 30.3 Å². The van der Waals surface area contributed by atoms with Gasteiger partial charge >= 0.3 is 0 Å². The van der Waals surface area contributed by atoms with Crippen LogP contribution >= 0.6 is 11.8 Å². The summed E-state index contributed by atoms with van der Waals surface area (Å²) in [4.78, 5) is 5.80. The largest absolute Gasteiger partial charge is 0.339 e. The second-order valence-corrected chi connectivity index (χ2v) is 5.59. The van der Waals surface area contributed by atoms with Crippen LogP contribution in [0.15, 0.2) is 33.7 Å². The predicted octanol–water partition coefficient (Wildman–Crippen LogP) is 2.37. The molecule has 0 saturated heterocycles. The van der Waals surface area contributed by atoms with E-state index in [1.165, 1.54) is 10.5 Å². The molecule has 0 aliphatic carbocycles. The van der Waals surface area contributed by atoms with Crippen molar-refractivity contribution in [1.82, 2.24) is 10.1 Å². The molecule has 0 radical (unpaired) electrons. The second-order valence-electron chi connectivity index (χ2n) is 4.53. The zero-order chi connectivity index (χ0) is 12.5. The molecule has 1 aromatic carbocycles. The Labute approximate surface area is 110 Å². The number of aromatic nitrogens is 2. The van der Waals surface area contributed by atoms with Crippen LogP contribution in [0.5, 0.6) is 0 Å². The molecule has 2 atom stereocenters. The zero-order valence-electron chi connectivity index (χ0n) is 10.2. The average Bonchev–Trinajstić information content (AvgIpc) is 3.03. The van der Waals surface area contributed by atoms with Gasteiger partial charge in [0.05, 0.1) is 5.92 Å². The number of hydrogen-bond acceptors (Lipinski definition) is 5. The third-order valence-electron chi connectivity index (χ3n) is 3.25. The lowest BCUT2D eigenvalue weighted by Gasteiger charge is -2.04. The summed E-state index contributed by atoms with van der Waals surface area (Å²) in [6.07, 6.45) is 0. The quantitative estimate of drug-likeness (QED) is 0.919. The molecule has 1 aliphatic heterocycles. The summed E-state index contributed by atoms with van der Waals surface area (Å²) in [5, 5.41) is 4.03. The summed E-state index contributed by atoms with van der Waals surface area (Å²) in [7, 11) is 0. The molecule has 1 aliphatic rings. The van der Waals surface area contributed by atoms with Crippen LogP contribution in [0.4, 0.5) is 0 Å². The van der Waals surface area contributed by atoms with E-state index in [1.54, 1.807) is 0 Å². The fraction of sp³-hybridized carbons (Fsp3) is 0.385. The van der Waals surface area contributed by atoms with Crippen molar-refractivity contribution in [2.24, 2.45) is 5.73 Å². The van der Waals surface area contributed by atoms with Crippen molar-refractivity contribution in [2.75, 3.05) is 12.3 Å². The SMILES string of the molecule is CC(CN)c1noc(C2CSc3ccccc32)n1. The number of nitrogens with two attached hydrogens (primary N) is 1. The summed E-state index contributed by atoms with van der Waals surface area (Å²) < 4.78 is 5.40. The lowest BCUT2D eigenvalue weighted by molar-refractivity contribution is 0.364. The highest BCUT2D eigenvalue weighted by Gasteiger charge is 2.29. The standard InChI is InChI=1S/C13H15N3OS/c1-8(6-14)12-15-13(17-16-12)10-7-18-11-5-3-2-4-9(10)11/h2-5,8,10H,6-7,14H2,1H3. The molecule has 4 nitrogen and oxygen atoms in total. The van der Waals surface area contributed by atoms with Crippen molar-refractivity contribution in [2.45, 2.75) is 23.7 Å². The van der Waals surface area contributed by atoms with Gasteiger partial charge in [0.2, 0.25) is 5.89 Å². The Kier molecular flexibility index (Phi) is 3.09. The summed E-state index contributed by atoms with van der Waals surface area (Å²) in [6.45, 7) is 2.54. The minimum Gasteiger partial charge on any atom is -0.339 e. The van der Waals surface area contributed by atoms with Gasteiger partial charge in [-0.2, -0.15) is 4.98 Å². The van der Waals surface area contributed by atoms with Crippen LogP contribution < -0.4 is 5.73 Å². The van der Waals surface area contributed by atoms with E-state index in [0.29, 0.717) is 18.3 Å². The smallest absolute Gasteiger partial charge is 0.235 e. The van der Waals surface area contributed by atoms with Crippen LogP contribution in [-0.2, 0) is 0 Å². The molecule has 5 heteroatoms. The number of nitrogens with zero attached hydrogens (tertiary/aromatic N) is 2. The summed E-state index contributed by atoms with van der Waals surface area (Å²) in [6, 6.07) is 8.39. The molecule has 1 aromatic heterocycles. The van der Waals surface area contributed by atoms with Crippen LogP contribution in [0.25, 0.3) is 0 Å². The topological polar surface area (TPSA) is 64.9 Å². The van der Waals surface area contributed by atoms with Crippen LogP contribution in [-0.4, -0.2) is 22.4 Å². The second kappa shape index (κ2) is 4.74. The third kappa shape index (κ3) is 1.93. The van der Waals surface area contributed by atoms with Crippen molar-refractivity contribution in [1.29, 1.82) is 0 Å². The minimum atomic E-state index is 0.145. The predicted molar refractivity (Wildman–Crippen MR) is 70.8 cm³/mol. The first-order valence-corrected chi connectivity index (χ1v) is 7.03. The molecule has 2 N–H and O–H groups in total. The normalized spacial score (nSPS) is 19.8. The van der Waals surface area contributed by atoms with E-state index in [-0.39, 0.29) is 11.8 Å². The molecule has 0 fully saturated rings. The Morgan fingerprint density at radius 1 is 1.50 bits per heavy atom. The van der Waals surface area contributed by atoms with Crippen LogP contribution in [0.2, 0.25) is 0 Å². The molecular formula is C13H15N3OS. The van der Waals surface area contributed by atoms with Crippen molar-refractivity contribution in [3.8, 4) is 0 Å². The summed E-state index contributed by atoms with van der Waals surface area (Å²) in [5.41, 5.74) is 6.91. The van der Waals surface area contributed by atoms with Gasteiger partial charge in [-0.15, -0.1) is 11.8 Å². The first-order valence-electron chi connectivity index (χ1n) is 6.05. The number of benzene rings is 1. The average molecular weight is 261 g/mol. The number of rotatable bonds is 3. The van der Waals surface area contributed by atoms with Crippen molar-refractivity contribution in [3.05, 3.63) is 41.5 Å².